The SMILES string of the molecule is Cc1cccc(C(=O)N2CCCN(C(=O)NC(CN3CCCC3)c3ccccc3)CC2)c1. The normalized spacial score (nSPS) is 18.3. The molecule has 0 radical (unpaired) electrons. The van der Waals surface area contributed by atoms with Crippen LogP contribution in [0.2, 0.25) is 0 Å². The topological polar surface area (TPSA) is 55.9 Å². The lowest BCUT2D eigenvalue weighted by atomic mass is 10.1. The molecule has 0 spiro atoms. The molecule has 1 unspecified atom stereocenters. The summed E-state index contributed by atoms with van der Waals surface area (Å²) in [6, 6.07) is 17.9. The number of nitrogens with one attached hydrogen (secondary N) is 1. The Morgan fingerprint density at radius 2 is 1.56 bits per heavy atom. The molecule has 2 aliphatic rings. The monoisotopic (exact) mass is 434 g/mol. The highest BCUT2D eigenvalue weighted by molar-refractivity contribution is 5.94. The number of amides is 3. The summed E-state index contributed by atoms with van der Waals surface area (Å²) in [6.07, 6.45) is 3.24. The summed E-state index contributed by atoms with van der Waals surface area (Å²) >= 11 is 0. The van der Waals surface area contributed by atoms with Crippen molar-refractivity contribution < 1.29 is 9.59 Å². The summed E-state index contributed by atoms with van der Waals surface area (Å²) in [4.78, 5) is 32.3. The van der Waals surface area contributed by atoms with Gasteiger partial charge in [0, 0.05) is 38.3 Å². The highest BCUT2D eigenvalue weighted by atomic mass is 16.2. The summed E-state index contributed by atoms with van der Waals surface area (Å²) in [5.41, 5.74) is 2.94. The maximum absolute atomic E-state index is 13.2. The van der Waals surface area contributed by atoms with Crippen LogP contribution in [0.4, 0.5) is 4.79 Å². The molecule has 2 saturated heterocycles. The first-order chi connectivity index (χ1) is 15.6. The summed E-state index contributed by atoms with van der Waals surface area (Å²) in [5.74, 6) is 0.0483. The molecule has 0 aromatic heterocycles. The number of aryl methyl sites for hydroxylation is 1. The molecule has 3 amide bonds. The fourth-order valence-electron chi connectivity index (χ4n) is 4.67. The molecular weight excluding hydrogens is 400 g/mol. The Bertz CT molecular complexity index is 911. The average Bonchev–Trinajstić information content (AvgIpc) is 3.20. The number of rotatable bonds is 5. The van der Waals surface area contributed by atoms with E-state index in [4.69, 9.17) is 0 Å². The van der Waals surface area contributed by atoms with Crippen LogP contribution in [0.5, 0.6) is 0 Å². The van der Waals surface area contributed by atoms with Gasteiger partial charge in [-0.25, -0.2) is 4.79 Å². The van der Waals surface area contributed by atoms with Gasteiger partial charge in [0.1, 0.15) is 0 Å². The molecule has 6 nitrogen and oxygen atoms in total. The van der Waals surface area contributed by atoms with Gasteiger partial charge in [0.05, 0.1) is 6.04 Å². The molecule has 2 aromatic carbocycles. The van der Waals surface area contributed by atoms with Crippen molar-refractivity contribution in [2.24, 2.45) is 0 Å². The predicted molar refractivity (Wildman–Crippen MR) is 127 cm³/mol. The first-order valence-corrected chi connectivity index (χ1v) is 11.8. The van der Waals surface area contributed by atoms with E-state index in [1.165, 1.54) is 12.8 Å². The molecule has 2 aromatic rings. The molecule has 2 aliphatic heterocycles. The van der Waals surface area contributed by atoms with Gasteiger partial charge in [-0.3, -0.25) is 4.79 Å². The summed E-state index contributed by atoms with van der Waals surface area (Å²) in [6.45, 7) is 7.47. The fraction of sp³-hybridized carbons (Fsp3) is 0.462. The van der Waals surface area contributed by atoms with Crippen molar-refractivity contribution in [2.75, 3.05) is 45.8 Å². The van der Waals surface area contributed by atoms with E-state index in [1.807, 2.05) is 59.2 Å². The summed E-state index contributed by atoms with van der Waals surface area (Å²) < 4.78 is 0. The molecule has 32 heavy (non-hydrogen) atoms. The van der Waals surface area contributed by atoms with E-state index in [0.717, 1.165) is 42.7 Å². The average molecular weight is 435 g/mol. The van der Waals surface area contributed by atoms with Crippen LogP contribution in [-0.4, -0.2) is 72.5 Å². The molecule has 170 valence electrons. The third-order valence-corrected chi connectivity index (χ3v) is 6.47. The largest absolute Gasteiger partial charge is 0.337 e. The zero-order chi connectivity index (χ0) is 22.3. The van der Waals surface area contributed by atoms with Crippen LogP contribution >= 0.6 is 0 Å². The lowest BCUT2D eigenvalue weighted by Crippen LogP contribution is -2.46. The number of hydrogen-bond donors (Lipinski definition) is 1. The van der Waals surface area contributed by atoms with E-state index in [-0.39, 0.29) is 18.0 Å². The number of carbonyl (C=O) groups excluding carboxylic acids is 2. The van der Waals surface area contributed by atoms with Crippen LogP contribution in [0.3, 0.4) is 0 Å². The van der Waals surface area contributed by atoms with Gasteiger partial charge in [-0.1, -0.05) is 48.0 Å². The Kier molecular flexibility index (Phi) is 7.43. The van der Waals surface area contributed by atoms with Gasteiger partial charge >= 0.3 is 6.03 Å². The molecule has 6 heteroatoms. The molecule has 1 atom stereocenters. The van der Waals surface area contributed by atoms with E-state index in [1.54, 1.807) is 0 Å². The van der Waals surface area contributed by atoms with E-state index in [2.05, 4.69) is 22.3 Å². The van der Waals surface area contributed by atoms with Crippen molar-refractivity contribution in [3.63, 3.8) is 0 Å². The van der Waals surface area contributed by atoms with Gasteiger partial charge in [-0.05, 0) is 57.0 Å². The Morgan fingerprint density at radius 1 is 0.844 bits per heavy atom. The fourth-order valence-corrected chi connectivity index (χ4v) is 4.67. The third kappa shape index (κ3) is 5.68. The van der Waals surface area contributed by atoms with Gasteiger partial charge in [0.15, 0.2) is 0 Å². The molecular formula is C26H34N4O2. The quantitative estimate of drug-likeness (QED) is 0.781. The maximum atomic E-state index is 13.2. The van der Waals surface area contributed by atoms with Crippen LogP contribution < -0.4 is 5.32 Å². The van der Waals surface area contributed by atoms with Crippen LogP contribution in [0.15, 0.2) is 54.6 Å². The Balaban J connectivity index is 1.38. The van der Waals surface area contributed by atoms with Crippen molar-refractivity contribution >= 4 is 11.9 Å². The number of benzene rings is 2. The van der Waals surface area contributed by atoms with Crippen LogP contribution in [0.1, 0.15) is 46.8 Å². The van der Waals surface area contributed by atoms with Gasteiger partial charge in [-0.15, -0.1) is 0 Å². The lowest BCUT2D eigenvalue weighted by Gasteiger charge is -2.28. The minimum absolute atomic E-state index is 0.0323. The van der Waals surface area contributed by atoms with Crippen molar-refractivity contribution in [3.05, 3.63) is 71.3 Å². The molecule has 1 N–H and O–H groups in total. The van der Waals surface area contributed by atoms with Crippen LogP contribution in [-0.2, 0) is 0 Å². The predicted octanol–water partition coefficient (Wildman–Crippen LogP) is 3.69. The van der Waals surface area contributed by atoms with Gasteiger partial charge in [0.25, 0.3) is 5.91 Å². The highest BCUT2D eigenvalue weighted by Gasteiger charge is 2.26. The summed E-state index contributed by atoms with van der Waals surface area (Å²) in [7, 11) is 0. The molecule has 0 saturated carbocycles. The van der Waals surface area contributed by atoms with E-state index >= 15 is 0 Å². The van der Waals surface area contributed by atoms with Crippen molar-refractivity contribution in [2.45, 2.75) is 32.2 Å². The highest BCUT2D eigenvalue weighted by Crippen LogP contribution is 2.19. The first-order valence-electron chi connectivity index (χ1n) is 11.8. The number of likely N-dealkylation sites (tertiary alicyclic amines) is 1. The van der Waals surface area contributed by atoms with E-state index in [9.17, 15) is 9.59 Å². The summed E-state index contributed by atoms with van der Waals surface area (Å²) in [5, 5.41) is 3.28. The molecule has 0 bridgehead atoms. The van der Waals surface area contributed by atoms with Crippen LogP contribution in [0.25, 0.3) is 0 Å². The standard InChI is InChI=1S/C26H34N4O2/c1-21-9-7-12-23(19-21)25(31)29-15-8-16-30(18-17-29)26(32)27-24(20-28-13-5-6-14-28)22-10-3-2-4-11-22/h2-4,7,9-12,19,24H,5-6,8,13-18,20H2,1H3,(H,27,32). The third-order valence-electron chi connectivity index (χ3n) is 6.47. The van der Waals surface area contributed by atoms with Crippen molar-refractivity contribution in [3.8, 4) is 0 Å². The van der Waals surface area contributed by atoms with E-state index < -0.39 is 0 Å². The minimum atomic E-state index is -0.0390. The smallest absolute Gasteiger partial charge is 0.317 e. The Labute approximate surface area is 191 Å². The van der Waals surface area contributed by atoms with Crippen molar-refractivity contribution in [1.29, 1.82) is 0 Å². The second-order valence-electron chi connectivity index (χ2n) is 8.92. The van der Waals surface area contributed by atoms with Gasteiger partial charge in [-0.2, -0.15) is 0 Å². The minimum Gasteiger partial charge on any atom is -0.337 e. The number of urea groups is 1. The zero-order valence-corrected chi connectivity index (χ0v) is 19.0. The molecule has 2 heterocycles. The number of hydrogen-bond acceptors (Lipinski definition) is 3. The molecule has 2 fully saturated rings. The second kappa shape index (κ2) is 10.6. The first kappa shape index (κ1) is 22.3. The zero-order valence-electron chi connectivity index (χ0n) is 19.0. The molecule has 0 aliphatic carbocycles. The van der Waals surface area contributed by atoms with Crippen molar-refractivity contribution in [1.82, 2.24) is 20.0 Å². The Hall–Kier alpha value is -2.86. The van der Waals surface area contributed by atoms with Crippen LogP contribution in [0, 0.1) is 6.92 Å². The number of nitrogens with zero attached hydrogens (tertiary/aromatic N) is 3. The molecule has 4 rings (SSSR count). The number of carbonyl (C=O) groups is 2. The Morgan fingerprint density at radius 3 is 2.31 bits per heavy atom. The lowest BCUT2D eigenvalue weighted by molar-refractivity contribution is 0.0762. The van der Waals surface area contributed by atoms with Gasteiger partial charge < -0.3 is 20.0 Å². The second-order valence-corrected chi connectivity index (χ2v) is 8.92. The maximum Gasteiger partial charge on any atom is 0.317 e. The van der Waals surface area contributed by atoms with E-state index in [0.29, 0.717) is 26.2 Å². The van der Waals surface area contributed by atoms with Gasteiger partial charge in [0.2, 0.25) is 0 Å².